The second kappa shape index (κ2) is 8.39. The highest BCUT2D eigenvalue weighted by molar-refractivity contribution is 7.98. The van der Waals surface area contributed by atoms with E-state index in [0.717, 1.165) is 29.6 Å². The molecule has 4 rings (SSSR count). The summed E-state index contributed by atoms with van der Waals surface area (Å²) in [5.74, 6) is 1.64. The number of thioether (sulfide) groups is 1. The van der Waals surface area contributed by atoms with Gasteiger partial charge in [-0.2, -0.15) is 0 Å². The Balaban J connectivity index is 1.45. The van der Waals surface area contributed by atoms with Gasteiger partial charge in [0.2, 0.25) is 5.89 Å². The van der Waals surface area contributed by atoms with Gasteiger partial charge in [0, 0.05) is 24.3 Å². The minimum Gasteiger partial charge on any atom is -0.444 e. The van der Waals surface area contributed by atoms with E-state index in [2.05, 4.69) is 38.8 Å². The number of oxazole rings is 1. The summed E-state index contributed by atoms with van der Waals surface area (Å²) in [6.07, 6.45) is 2.35. The second-order valence-electron chi connectivity index (χ2n) is 6.25. The smallest absolute Gasteiger partial charge is 0.226 e. The van der Waals surface area contributed by atoms with E-state index in [1.54, 1.807) is 30.2 Å². The van der Waals surface area contributed by atoms with Crippen LogP contribution in [0.3, 0.4) is 0 Å². The molecule has 0 unspecified atom stereocenters. The highest BCUT2D eigenvalue weighted by Gasteiger charge is 2.14. The third kappa shape index (κ3) is 4.14. The molecule has 5 nitrogen and oxygen atoms in total. The van der Waals surface area contributed by atoms with Crippen LogP contribution in [0.15, 0.2) is 70.4 Å². The van der Waals surface area contributed by atoms with E-state index in [9.17, 15) is 4.39 Å². The molecule has 0 aliphatic rings. The Hall–Kier alpha value is -2.93. The van der Waals surface area contributed by atoms with Gasteiger partial charge in [-0.25, -0.2) is 9.37 Å². The maximum Gasteiger partial charge on any atom is 0.226 e. The fraction of sp³-hybridized carbons (Fsp3) is 0.190. The van der Waals surface area contributed by atoms with E-state index in [0.29, 0.717) is 17.2 Å². The molecule has 0 spiro atoms. The van der Waals surface area contributed by atoms with Gasteiger partial charge in [0.15, 0.2) is 5.16 Å². The molecule has 28 heavy (non-hydrogen) atoms. The Kier molecular flexibility index (Phi) is 5.53. The topological polar surface area (TPSA) is 56.7 Å². The molecule has 0 aliphatic carbocycles. The van der Waals surface area contributed by atoms with Crippen LogP contribution in [0.1, 0.15) is 24.0 Å². The Bertz CT molecular complexity index is 1060. The summed E-state index contributed by atoms with van der Waals surface area (Å²) in [4.78, 5) is 4.46. The van der Waals surface area contributed by atoms with Crippen molar-refractivity contribution in [3.63, 3.8) is 0 Å². The van der Waals surface area contributed by atoms with Crippen LogP contribution in [0.2, 0.25) is 0 Å². The van der Waals surface area contributed by atoms with Gasteiger partial charge in [-0.15, -0.1) is 10.2 Å². The fourth-order valence-electron chi connectivity index (χ4n) is 2.92. The standard InChI is InChI=1S/C21H19FN4OS/c1-2-26-19(11-15-7-4-3-5-8-15)24-25-21(26)28-14-18-13-27-20(23-18)16-9-6-10-17(22)12-16/h3-10,12-13H,2,11,14H2,1H3. The fourth-order valence-corrected chi connectivity index (χ4v) is 3.82. The van der Waals surface area contributed by atoms with Gasteiger partial charge in [0.1, 0.15) is 17.9 Å². The number of benzene rings is 2. The molecule has 0 saturated carbocycles. The Labute approximate surface area is 166 Å². The van der Waals surface area contributed by atoms with E-state index in [4.69, 9.17) is 4.42 Å². The van der Waals surface area contributed by atoms with Crippen molar-refractivity contribution in [1.82, 2.24) is 19.7 Å². The molecule has 0 amide bonds. The van der Waals surface area contributed by atoms with E-state index in [1.165, 1.54) is 17.7 Å². The predicted octanol–water partition coefficient (Wildman–Crippen LogP) is 4.98. The van der Waals surface area contributed by atoms with E-state index < -0.39 is 0 Å². The highest BCUT2D eigenvalue weighted by atomic mass is 32.2. The first kappa shape index (κ1) is 18.4. The van der Waals surface area contributed by atoms with Crippen LogP contribution in [0.25, 0.3) is 11.5 Å². The van der Waals surface area contributed by atoms with Crippen molar-refractivity contribution in [1.29, 1.82) is 0 Å². The third-order valence-corrected chi connectivity index (χ3v) is 5.29. The molecule has 0 saturated heterocycles. The van der Waals surface area contributed by atoms with Gasteiger partial charge >= 0.3 is 0 Å². The average Bonchev–Trinajstić information content (AvgIpc) is 3.34. The van der Waals surface area contributed by atoms with Gasteiger partial charge in [-0.1, -0.05) is 48.2 Å². The van der Waals surface area contributed by atoms with Crippen LogP contribution in [0.5, 0.6) is 0 Å². The summed E-state index contributed by atoms with van der Waals surface area (Å²) in [5, 5.41) is 9.56. The molecule has 0 radical (unpaired) electrons. The van der Waals surface area contributed by atoms with Gasteiger partial charge in [0.05, 0.1) is 5.69 Å². The Morgan fingerprint density at radius 3 is 2.71 bits per heavy atom. The maximum absolute atomic E-state index is 13.4. The molecule has 142 valence electrons. The monoisotopic (exact) mass is 394 g/mol. The van der Waals surface area contributed by atoms with Crippen LogP contribution in [-0.2, 0) is 18.7 Å². The largest absolute Gasteiger partial charge is 0.444 e. The zero-order valence-corrected chi connectivity index (χ0v) is 16.2. The van der Waals surface area contributed by atoms with Gasteiger partial charge in [0.25, 0.3) is 0 Å². The Morgan fingerprint density at radius 1 is 1.07 bits per heavy atom. The van der Waals surface area contributed by atoms with Crippen LogP contribution >= 0.6 is 11.8 Å². The first-order chi connectivity index (χ1) is 13.7. The number of rotatable bonds is 7. The molecular formula is C21H19FN4OS. The van der Waals surface area contributed by atoms with E-state index in [-0.39, 0.29) is 5.82 Å². The first-order valence-electron chi connectivity index (χ1n) is 9.02. The molecule has 0 bridgehead atoms. The maximum atomic E-state index is 13.4. The lowest BCUT2D eigenvalue weighted by molar-refractivity contribution is 0.571. The number of halogens is 1. The molecule has 0 N–H and O–H groups in total. The lowest BCUT2D eigenvalue weighted by Crippen LogP contribution is -2.04. The minimum atomic E-state index is -0.311. The zero-order valence-electron chi connectivity index (χ0n) is 15.4. The molecule has 0 aliphatic heterocycles. The third-order valence-electron chi connectivity index (χ3n) is 4.29. The average molecular weight is 394 g/mol. The van der Waals surface area contributed by atoms with Crippen molar-refractivity contribution in [2.24, 2.45) is 0 Å². The van der Waals surface area contributed by atoms with E-state index >= 15 is 0 Å². The first-order valence-corrected chi connectivity index (χ1v) is 10.0. The summed E-state index contributed by atoms with van der Waals surface area (Å²) >= 11 is 1.56. The van der Waals surface area contributed by atoms with Crippen molar-refractivity contribution >= 4 is 11.8 Å². The molecule has 2 aromatic carbocycles. The summed E-state index contributed by atoms with van der Waals surface area (Å²) in [7, 11) is 0. The van der Waals surface area contributed by atoms with Gasteiger partial charge < -0.3 is 8.98 Å². The van der Waals surface area contributed by atoms with Crippen LogP contribution in [-0.4, -0.2) is 19.7 Å². The lowest BCUT2D eigenvalue weighted by atomic mass is 10.1. The normalized spacial score (nSPS) is 11.1. The summed E-state index contributed by atoms with van der Waals surface area (Å²) < 4.78 is 21.0. The second-order valence-corrected chi connectivity index (χ2v) is 7.19. The van der Waals surface area contributed by atoms with Crippen molar-refractivity contribution in [2.45, 2.75) is 30.8 Å². The molecule has 2 heterocycles. The van der Waals surface area contributed by atoms with E-state index in [1.807, 2.05) is 18.2 Å². The minimum absolute atomic E-state index is 0.311. The number of hydrogen-bond donors (Lipinski definition) is 0. The van der Waals surface area contributed by atoms with Crippen molar-refractivity contribution in [3.05, 3.63) is 83.8 Å². The lowest BCUT2D eigenvalue weighted by Gasteiger charge is -2.06. The van der Waals surface area contributed by atoms with Crippen molar-refractivity contribution in [3.8, 4) is 11.5 Å². The quantitative estimate of drug-likeness (QED) is 0.414. The summed E-state index contributed by atoms with van der Waals surface area (Å²) in [6.45, 7) is 2.88. The zero-order chi connectivity index (χ0) is 19.3. The molecule has 2 aromatic heterocycles. The molecule has 7 heteroatoms. The molecule has 0 atom stereocenters. The van der Waals surface area contributed by atoms with Crippen LogP contribution in [0.4, 0.5) is 4.39 Å². The van der Waals surface area contributed by atoms with Gasteiger partial charge in [-0.3, -0.25) is 0 Å². The van der Waals surface area contributed by atoms with Crippen LogP contribution in [0, 0.1) is 5.82 Å². The van der Waals surface area contributed by atoms with Crippen molar-refractivity contribution < 1.29 is 8.81 Å². The number of aromatic nitrogens is 4. The Morgan fingerprint density at radius 2 is 1.93 bits per heavy atom. The SMILES string of the molecule is CCn1c(Cc2ccccc2)nnc1SCc1coc(-c2cccc(F)c2)n1. The van der Waals surface area contributed by atoms with Crippen LogP contribution < -0.4 is 0 Å². The molecule has 0 fully saturated rings. The predicted molar refractivity (Wildman–Crippen MR) is 106 cm³/mol. The number of hydrogen-bond acceptors (Lipinski definition) is 5. The highest BCUT2D eigenvalue weighted by Crippen LogP contribution is 2.25. The van der Waals surface area contributed by atoms with Crippen molar-refractivity contribution in [2.75, 3.05) is 0 Å². The molecule has 4 aromatic rings. The molecular weight excluding hydrogens is 375 g/mol. The summed E-state index contributed by atoms with van der Waals surface area (Å²) in [6, 6.07) is 16.5. The number of nitrogens with zero attached hydrogens (tertiary/aromatic N) is 4. The summed E-state index contributed by atoms with van der Waals surface area (Å²) in [5.41, 5.74) is 2.61. The van der Waals surface area contributed by atoms with Gasteiger partial charge in [-0.05, 0) is 30.7 Å².